The molecular weight excluding hydrogens is 274 g/mol. The molecule has 0 unspecified atom stereocenters. The van der Waals surface area contributed by atoms with Crippen molar-refractivity contribution in [3.63, 3.8) is 0 Å². The second-order valence-corrected chi connectivity index (χ2v) is 5.38. The van der Waals surface area contributed by atoms with Gasteiger partial charge < -0.3 is 21.1 Å². The van der Waals surface area contributed by atoms with Crippen molar-refractivity contribution in [1.82, 2.24) is 16.0 Å². The van der Waals surface area contributed by atoms with Gasteiger partial charge in [0.2, 0.25) is 5.91 Å². The fraction of sp³-hybridized carbons (Fsp3) is 0.786. The number of hydrogen-bond donors (Lipinski definition) is 4. The van der Waals surface area contributed by atoms with E-state index in [1.54, 1.807) is 0 Å². The molecule has 0 atom stereocenters. The van der Waals surface area contributed by atoms with Crippen LogP contribution < -0.4 is 16.0 Å². The van der Waals surface area contributed by atoms with E-state index in [0.29, 0.717) is 25.4 Å². The number of nitrogens with one attached hydrogen (secondary N) is 3. The molecule has 0 aliphatic heterocycles. The van der Waals surface area contributed by atoms with E-state index in [0.717, 1.165) is 12.8 Å². The molecule has 0 aromatic rings. The van der Waals surface area contributed by atoms with Gasteiger partial charge in [-0.2, -0.15) is 0 Å². The summed E-state index contributed by atoms with van der Waals surface area (Å²) in [6, 6.07) is -0.419. The van der Waals surface area contributed by atoms with Crippen LogP contribution in [0.3, 0.4) is 0 Å². The maximum Gasteiger partial charge on any atom is 0.314 e. The summed E-state index contributed by atoms with van der Waals surface area (Å²) in [5.41, 5.74) is 0. The first kappa shape index (κ1) is 17.3. The topological polar surface area (TPSA) is 108 Å². The monoisotopic (exact) mass is 299 g/mol. The van der Waals surface area contributed by atoms with Crippen molar-refractivity contribution in [2.75, 3.05) is 19.6 Å². The minimum absolute atomic E-state index is 0.0370. The molecule has 1 aliphatic rings. The lowest BCUT2D eigenvalue weighted by atomic mass is 9.87. The molecule has 3 amide bonds. The van der Waals surface area contributed by atoms with Gasteiger partial charge in [-0.05, 0) is 18.8 Å². The molecule has 4 N–H and O–H groups in total. The molecule has 1 aliphatic carbocycles. The smallest absolute Gasteiger partial charge is 0.314 e. The molecule has 0 heterocycles. The van der Waals surface area contributed by atoms with Crippen LogP contribution >= 0.6 is 0 Å². The number of carboxylic acid groups (broad SMARTS) is 1. The predicted molar refractivity (Wildman–Crippen MR) is 77.9 cm³/mol. The maximum atomic E-state index is 11.7. The Morgan fingerprint density at radius 2 is 1.52 bits per heavy atom. The highest BCUT2D eigenvalue weighted by molar-refractivity contribution is 5.76. The van der Waals surface area contributed by atoms with Crippen molar-refractivity contribution in [1.29, 1.82) is 0 Å². The van der Waals surface area contributed by atoms with Gasteiger partial charge >= 0.3 is 12.0 Å². The van der Waals surface area contributed by atoms with E-state index < -0.39 is 12.0 Å². The van der Waals surface area contributed by atoms with Crippen molar-refractivity contribution in [3.8, 4) is 0 Å². The van der Waals surface area contributed by atoms with E-state index in [4.69, 9.17) is 5.11 Å². The molecule has 1 rings (SSSR count). The Labute approximate surface area is 124 Å². The van der Waals surface area contributed by atoms with Gasteiger partial charge in [0.05, 0.1) is 6.42 Å². The average molecular weight is 299 g/mol. The van der Waals surface area contributed by atoms with Crippen molar-refractivity contribution in [2.24, 2.45) is 5.92 Å². The maximum absolute atomic E-state index is 11.7. The Balaban J connectivity index is 1.98. The number of carbonyl (C=O) groups is 3. The van der Waals surface area contributed by atoms with Gasteiger partial charge in [-0.25, -0.2) is 4.79 Å². The lowest BCUT2D eigenvalue weighted by Gasteiger charge is -2.20. The first-order valence-electron chi connectivity index (χ1n) is 7.58. The molecule has 7 nitrogen and oxygen atoms in total. The summed E-state index contributed by atoms with van der Waals surface area (Å²) < 4.78 is 0. The van der Waals surface area contributed by atoms with E-state index in [2.05, 4.69) is 16.0 Å². The summed E-state index contributed by atoms with van der Waals surface area (Å²) >= 11 is 0. The molecule has 0 aromatic carbocycles. The fourth-order valence-electron chi connectivity index (χ4n) is 2.45. The standard InChI is InChI=1S/C14H25N3O4/c18-12(10-11-4-2-1-3-5-11)15-8-9-17-14(21)16-7-6-13(19)20/h11H,1-10H2,(H,15,18)(H,19,20)(H2,16,17,21). The van der Waals surface area contributed by atoms with E-state index >= 15 is 0 Å². The largest absolute Gasteiger partial charge is 0.481 e. The normalized spacial score (nSPS) is 15.2. The number of hydrogen-bond acceptors (Lipinski definition) is 3. The zero-order valence-corrected chi connectivity index (χ0v) is 12.3. The van der Waals surface area contributed by atoms with Crippen molar-refractivity contribution in [3.05, 3.63) is 0 Å². The molecule has 7 heteroatoms. The summed E-state index contributed by atoms with van der Waals surface area (Å²) in [5.74, 6) is -0.411. The number of aliphatic carboxylic acids is 1. The third kappa shape index (κ3) is 8.88. The Kier molecular flexibility index (Phi) is 8.23. The lowest BCUT2D eigenvalue weighted by Crippen LogP contribution is -2.41. The molecule has 0 aromatic heterocycles. The lowest BCUT2D eigenvalue weighted by molar-refractivity contribution is -0.136. The molecular formula is C14H25N3O4. The molecule has 0 spiro atoms. The third-order valence-electron chi connectivity index (χ3n) is 3.56. The second kappa shape index (κ2) is 10.0. The van der Waals surface area contributed by atoms with Crippen LogP contribution in [0.4, 0.5) is 4.79 Å². The molecule has 1 saturated carbocycles. The molecule has 0 bridgehead atoms. The number of urea groups is 1. The van der Waals surface area contributed by atoms with Gasteiger partial charge in [-0.1, -0.05) is 19.3 Å². The number of carbonyl (C=O) groups excluding carboxylic acids is 2. The summed E-state index contributed by atoms with van der Waals surface area (Å²) in [6.07, 6.45) is 6.46. The fourth-order valence-corrected chi connectivity index (χ4v) is 2.45. The zero-order valence-electron chi connectivity index (χ0n) is 12.3. The Morgan fingerprint density at radius 3 is 2.19 bits per heavy atom. The van der Waals surface area contributed by atoms with Gasteiger partial charge in [0, 0.05) is 26.1 Å². The molecule has 0 saturated heterocycles. The molecule has 21 heavy (non-hydrogen) atoms. The van der Waals surface area contributed by atoms with Crippen LogP contribution in [0, 0.1) is 5.92 Å². The molecule has 1 fully saturated rings. The summed E-state index contributed by atoms with van der Waals surface area (Å²) in [4.78, 5) is 33.2. The molecule has 120 valence electrons. The summed E-state index contributed by atoms with van der Waals surface area (Å²) in [5, 5.41) is 16.2. The van der Waals surface area contributed by atoms with E-state index in [9.17, 15) is 14.4 Å². The van der Waals surface area contributed by atoms with Crippen LogP contribution in [0.2, 0.25) is 0 Å². The van der Waals surface area contributed by atoms with Crippen LogP contribution in [0.1, 0.15) is 44.9 Å². The van der Waals surface area contributed by atoms with E-state index in [-0.39, 0.29) is 18.9 Å². The van der Waals surface area contributed by atoms with Crippen LogP contribution in [0.15, 0.2) is 0 Å². The number of carboxylic acids is 1. The van der Waals surface area contributed by atoms with Crippen LogP contribution in [0.5, 0.6) is 0 Å². The van der Waals surface area contributed by atoms with E-state index in [1.807, 2.05) is 0 Å². The van der Waals surface area contributed by atoms with Crippen LogP contribution in [-0.2, 0) is 9.59 Å². The Morgan fingerprint density at radius 1 is 0.905 bits per heavy atom. The van der Waals surface area contributed by atoms with Gasteiger partial charge in [0.1, 0.15) is 0 Å². The first-order valence-corrected chi connectivity index (χ1v) is 7.58. The highest BCUT2D eigenvalue weighted by atomic mass is 16.4. The third-order valence-corrected chi connectivity index (χ3v) is 3.56. The van der Waals surface area contributed by atoms with Gasteiger partial charge in [0.25, 0.3) is 0 Å². The highest BCUT2D eigenvalue weighted by Gasteiger charge is 2.16. The highest BCUT2D eigenvalue weighted by Crippen LogP contribution is 2.25. The second-order valence-electron chi connectivity index (χ2n) is 5.38. The molecule has 0 radical (unpaired) electrons. The van der Waals surface area contributed by atoms with E-state index in [1.165, 1.54) is 19.3 Å². The minimum Gasteiger partial charge on any atom is -0.481 e. The number of rotatable bonds is 8. The zero-order chi connectivity index (χ0) is 15.5. The average Bonchev–Trinajstić information content (AvgIpc) is 2.44. The minimum atomic E-state index is -0.953. The predicted octanol–water partition coefficient (Wildman–Crippen LogP) is 0.847. The quantitative estimate of drug-likeness (QED) is 0.498. The SMILES string of the molecule is O=C(O)CCNC(=O)NCCNC(=O)CC1CCCCC1. The summed E-state index contributed by atoms with van der Waals surface area (Å²) in [7, 11) is 0. The van der Waals surface area contributed by atoms with Crippen molar-refractivity contribution in [2.45, 2.75) is 44.9 Å². The summed E-state index contributed by atoms with van der Waals surface area (Å²) in [6.45, 7) is 0.808. The van der Waals surface area contributed by atoms with Gasteiger partial charge in [0.15, 0.2) is 0 Å². The van der Waals surface area contributed by atoms with Crippen LogP contribution in [0.25, 0.3) is 0 Å². The van der Waals surface area contributed by atoms with Crippen molar-refractivity contribution >= 4 is 17.9 Å². The van der Waals surface area contributed by atoms with Gasteiger partial charge in [-0.3, -0.25) is 9.59 Å². The van der Waals surface area contributed by atoms with Crippen molar-refractivity contribution < 1.29 is 19.5 Å². The van der Waals surface area contributed by atoms with Gasteiger partial charge in [-0.15, -0.1) is 0 Å². The Bertz CT molecular complexity index is 354. The Hall–Kier alpha value is -1.79. The number of amides is 3. The first-order chi connectivity index (χ1) is 10.1. The van der Waals surface area contributed by atoms with Crippen LogP contribution in [-0.4, -0.2) is 42.6 Å².